The van der Waals surface area contributed by atoms with E-state index in [1.54, 1.807) is 0 Å². The van der Waals surface area contributed by atoms with Crippen LogP contribution in [0.5, 0.6) is 0 Å². The highest BCUT2D eigenvalue weighted by molar-refractivity contribution is 4.69. The first-order chi connectivity index (χ1) is 16.9. The molecule has 0 aromatic carbocycles. The quantitative estimate of drug-likeness (QED) is 0.0786. The van der Waals surface area contributed by atoms with Crippen LogP contribution in [0.3, 0.4) is 0 Å². The molecule has 204 valence electrons. The number of unbranched alkanes of at least 4 members (excludes halogenated alkanes) is 18. The second kappa shape index (κ2) is 25.9. The van der Waals surface area contributed by atoms with E-state index in [0.29, 0.717) is 25.9 Å². The van der Waals surface area contributed by atoms with Gasteiger partial charge in [0.1, 0.15) is 12.2 Å². The van der Waals surface area contributed by atoms with Crippen molar-refractivity contribution in [3.8, 4) is 0 Å². The van der Waals surface area contributed by atoms with Crippen molar-refractivity contribution in [3.05, 3.63) is 0 Å². The van der Waals surface area contributed by atoms with E-state index >= 15 is 0 Å². The zero-order valence-electron chi connectivity index (χ0n) is 23.2. The highest BCUT2D eigenvalue weighted by Gasteiger charge is 2.24. The van der Waals surface area contributed by atoms with Crippen molar-refractivity contribution in [2.45, 2.75) is 154 Å². The third-order valence-corrected chi connectivity index (χ3v) is 6.81. The molecule has 0 spiro atoms. The van der Waals surface area contributed by atoms with Gasteiger partial charge in [-0.2, -0.15) is 0 Å². The van der Waals surface area contributed by atoms with Crippen LogP contribution in [0, 0.1) is 0 Å². The lowest BCUT2D eigenvalue weighted by atomic mass is 10.1. The molecule has 1 aliphatic rings. The molecular weight excluding hydrogens is 424 g/mol. The van der Waals surface area contributed by atoms with Gasteiger partial charge in [0.25, 0.3) is 0 Å². The minimum Gasteiger partial charge on any atom is -0.379 e. The maximum atomic E-state index is 5.99. The third kappa shape index (κ3) is 23.6. The summed E-state index contributed by atoms with van der Waals surface area (Å²) in [5.74, 6) is 0. The Kier molecular flexibility index (Phi) is 24.3. The summed E-state index contributed by atoms with van der Waals surface area (Å²) < 4.78 is 23.1. The van der Waals surface area contributed by atoms with Crippen LogP contribution in [0.1, 0.15) is 142 Å². The number of hydrogen-bond acceptors (Lipinski definition) is 4. The zero-order chi connectivity index (χ0) is 24.4. The van der Waals surface area contributed by atoms with Gasteiger partial charge in [0, 0.05) is 13.2 Å². The lowest BCUT2D eigenvalue weighted by Gasteiger charge is -2.18. The Balaban J connectivity index is 1.91. The molecular formula is C30H60O4. The molecule has 1 unspecified atom stereocenters. The summed E-state index contributed by atoms with van der Waals surface area (Å²) in [6, 6.07) is 0. The fourth-order valence-corrected chi connectivity index (χ4v) is 4.36. The zero-order valence-corrected chi connectivity index (χ0v) is 23.2. The summed E-state index contributed by atoms with van der Waals surface area (Å²) in [5.41, 5.74) is 0. The molecule has 0 aliphatic carbocycles. The SMILES string of the molecule is CCCCCCCCCCCCOCC(COCCCCCCCCCCCC)OCC1CO1. The van der Waals surface area contributed by atoms with E-state index in [4.69, 9.17) is 18.9 Å². The molecule has 34 heavy (non-hydrogen) atoms. The highest BCUT2D eigenvalue weighted by Crippen LogP contribution is 2.13. The van der Waals surface area contributed by atoms with E-state index in [0.717, 1.165) is 32.7 Å². The van der Waals surface area contributed by atoms with Crippen molar-refractivity contribution in [1.29, 1.82) is 0 Å². The molecule has 0 aromatic heterocycles. The van der Waals surface area contributed by atoms with Crippen LogP contribution in [0.15, 0.2) is 0 Å². The molecule has 1 fully saturated rings. The summed E-state index contributed by atoms with van der Waals surface area (Å²) >= 11 is 0. The van der Waals surface area contributed by atoms with Crippen LogP contribution < -0.4 is 0 Å². The molecule has 4 nitrogen and oxygen atoms in total. The first-order valence-electron chi connectivity index (χ1n) is 15.3. The molecule has 1 atom stereocenters. The first kappa shape index (κ1) is 31.9. The minimum atomic E-state index is 0.0374. The van der Waals surface area contributed by atoms with Gasteiger partial charge in [-0.1, -0.05) is 129 Å². The van der Waals surface area contributed by atoms with Crippen LogP contribution in [-0.4, -0.2) is 51.8 Å². The normalized spacial score (nSPS) is 15.4. The molecule has 0 bridgehead atoms. The Labute approximate surface area is 213 Å². The van der Waals surface area contributed by atoms with Crippen molar-refractivity contribution in [1.82, 2.24) is 0 Å². The molecule has 1 aliphatic heterocycles. The summed E-state index contributed by atoms with van der Waals surface area (Å²) in [6.45, 7) is 9.04. The van der Waals surface area contributed by atoms with Crippen LogP contribution in [0.2, 0.25) is 0 Å². The van der Waals surface area contributed by atoms with Gasteiger partial charge < -0.3 is 18.9 Å². The Morgan fingerprint density at radius 1 is 0.559 bits per heavy atom. The maximum absolute atomic E-state index is 5.99. The van der Waals surface area contributed by atoms with E-state index < -0.39 is 0 Å². The minimum absolute atomic E-state index is 0.0374. The predicted molar refractivity (Wildman–Crippen MR) is 145 cm³/mol. The van der Waals surface area contributed by atoms with Crippen molar-refractivity contribution in [2.24, 2.45) is 0 Å². The largest absolute Gasteiger partial charge is 0.379 e. The topological polar surface area (TPSA) is 40.2 Å². The molecule has 0 amide bonds. The second-order valence-electron chi connectivity index (χ2n) is 10.4. The maximum Gasteiger partial charge on any atom is 0.104 e. The number of hydrogen-bond donors (Lipinski definition) is 0. The second-order valence-corrected chi connectivity index (χ2v) is 10.4. The molecule has 0 saturated carbocycles. The number of epoxide rings is 1. The van der Waals surface area contributed by atoms with Gasteiger partial charge in [-0.25, -0.2) is 0 Å². The van der Waals surface area contributed by atoms with Gasteiger partial charge in [-0.05, 0) is 12.8 Å². The average molecular weight is 485 g/mol. The van der Waals surface area contributed by atoms with Crippen molar-refractivity contribution < 1.29 is 18.9 Å². The lowest BCUT2D eigenvalue weighted by molar-refractivity contribution is -0.0639. The van der Waals surface area contributed by atoms with Gasteiger partial charge in [0.05, 0.1) is 26.4 Å². The third-order valence-electron chi connectivity index (χ3n) is 6.81. The van der Waals surface area contributed by atoms with E-state index in [-0.39, 0.29) is 6.10 Å². The Bertz CT molecular complexity index is 358. The van der Waals surface area contributed by atoms with E-state index in [1.807, 2.05) is 0 Å². The van der Waals surface area contributed by atoms with Crippen molar-refractivity contribution in [3.63, 3.8) is 0 Å². The monoisotopic (exact) mass is 484 g/mol. The summed E-state index contributed by atoms with van der Waals surface area (Å²) in [6.07, 6.45) is 27.5. The fourth-order valence-electron chi connectivity index (χ4n) is 4.36. The molecule has 1 rings (SSSR count). The van der Waals surface area contributed by atoms with Crippen LogP contribution >= 0.6 is 0 Å². The van der Waals surface area contributed by atoms with Gasteiger partial charge in [-0.15, -0.1) is 0 Å². The van der Waals surface area contributed by atoms with E-state index in [9.17, 15) is 0 Å². The molecule has 1 heterocycles. The van der Waals surface area contributed by atoms with Crippen LogP contribution in [0.25, 0.3) is 0 Å². The number of ether oxygens (including phenoxy) is 4. The van der Waals surface area contributed by atoms with E-state index in [1.165, 1.54) is 116 Å². The molecule has 0 N–H and O–H groups in total. The number of rotatable bonds is 29. The fraction of sp³-hybridized carbons (Fsp3) is 1.00. The van der Waals surface area contributed by atoms with Crippen molar-refractivity contribution >= 4 is 0 Å². The first-order valence-corrected chi connectivity index (χ1v) is 15.3. The van der Waals surface area contributed by atoms with Crippen LogP contribution in [0.4, 0.5) is 0 Å². The van der Waals surface area contributed by atoms with Gasteiger partial charge in [-0.3, -0.25) is 0 Å². The standard InChI is InChI=1S/C30H60O4/c1-3-5-7-9-11-13-15-17-19-21-23-31-25-29(33-27-30-28-34-30)26-32-24-22-20-18-16-14-12-10-8-6-4-2/h29-30H,3-28H2,1-2H3. The van der Waals surface area contributed by atoms with Gasteiger partial charge >= 0.3 is 0 Å². The van der Waals surface area contributed by atoms with E-state index in [2.05, 4.69) is 13.8 Å². The van der Waals surface area contributed by atoms with Gasteiger partial charge in [0.15, 0.2) is 0 Å². The summed E-state index contributed by atoms with van der Waals surface area (Å²) in [7, 11) is 0. The molecule has 0 aromatic rings. The smallest absolute Gasteiger partial charge is 0.104 e. The average Bonchev–Trinajstić information content (AvgIpc) is 3.68. The predicted octanol–water partition coefficient (Wildman–Crippen LogP) is 8.65. The molecule has 1 saturated heterocycles. The highest BCUT2D eigenvalue weighted by atomic mass is 16.6. The van der Waals surface area contributed by atoms with Crippen LogP contribution in [-0.2, 0) is 18.9 Å². The Morgan fingerprint density at radius 3 is 1.26 bits per heavy atom. The lowest BCUT2D eigenvalue weighted by Crippen LogP contribution is -2.28. The summed E-state index contributed by atoms with van der Waals surface area (Å²) in [4.78, 5) is 0. The van der Waals surface area contributed by atoms with Gasteiger partial charge in [0.2, 0.25) is 0 Å². The summed E-state index contributed by atoms with van der Waals surface area (Å²) in [5, 5.41) is 0. The molecule has 0 radical (unpaired) electrons. The van der Waals surface area contributed by atoms with Crippen molar-refractivity contribution in [2.75, 3.05) is 39.6 Å². The Morgan fingerprint density at radius 2 is 0.912 bits per heavy atom. The Hall–Kier alpha value is -0.160. The molecule has 4 heteroatoms.